The fraction of sp³-hybridized carbons (Fsp3) is 1.00. The maximum absolute atomic E-state index is 8.57. The second kappa shape index (κ2) is 12.8. The first-order chi connectivity index (χ1) is 6.54. The predicted molar refractivity (Wildman–Crippen MR) is 56.0 cm³/mol. The van der Waals surface area contributed by atoms with Crippen molar-refractivity contribution < 1.29 is 20.4 Å². The van der Waals surface area contributed by atoms with Gasteiger partial charge in [0.1, 0.15) is 0 Å². The third-order valence-electron chi connectivity index (χ3n) is 1.56. The third-order valence-corrected chi connectivity index (χ3v) is 1.56. The summed E-state index contributed by atoms with van der Waals surface area (Å²) in [5.74, 6) is 0. The highest BCUT2D eigenvalue weighted by molar-refractivity contribution is 4.44. The summed E-state index contributed by atoms with van der Waals surface area (Å²) < 4.78 is 0. The molecule has 2 unspecified atom stereocenters. The Labute approximate surface area is 86.2 Å². The maximum Gasteiger partial charge on any atom is 0.0513 e. The van der Waals surface area contributed by atoms with Crippen LogP contribution in [0.2, 0.25) is 0 Å². The predicted octanol–water partition coefficient (Wildman–Crippen LogP) is 0.279. The first-order valence-electron chi connectivity index (χ1n) is 5.12. The molecule has 0 aromatic carbocycles. The molecule has 0 rings (SSSR count). The molecule has 0 radical (unpaired) electrons. The molecule has 0 aliphatic heterocycles. The smallest absolute Gasteiger partial charge is 0.0513 e. The highest BCUT2D eigenvalue weighted by Crippen LogP contribution is 1.92. The molecule has 0 spiro atoms. The van der Waals surface area contributed by atoms with Gasteiger partial charge < -0.3 is 20.4 Å². The van der Waals surface area contributed by atoms with Gasteiger partial charge in [-0.3, -0.25) is 0 Å². The van der Waals surface area contributed by atoms with Crippen molar-refractivity contribution in [3.63, 3.8) is 0 Å². The first kappa shape index (κ1) is 16.3. The van der Waals surface area contributed by atoms with Gasteiger partial charge in [-0.15, -0.1) is 0 Å². The minimum Gasteiger partial charge on any atom is -0.396 e. The normalized spacial score (nSPS) is 14.1. The SMILES string of the molecule is CC(O)CCCO.CC(O)CCCO. The molecule has 88 valence electrons. The van der Waals surface area contributed by atoms with Gasteiger partial charge in [-0.2, -0.15) is 0 Å². The molecule has 0 aliphatic rings. The minimum atomic E-state index is -0.257. The average Bonchev–Trinajstić information content (AvgIpc) is 2.12. The Hall–Kier alpha value is -0.160. The van der Waals surface area contributed by atoms with Crippen molar-refractivity contribution >= 4 is 0 Å². The van der Waals surface area contributed by atoms with Crippen LogP contribution in [0, 0.1) is 0 Å². The highest BCUT2D eigenvalue weighted by atomic mass is 16.3. The molecule has 0 heterocycles. The molecule has 0 bridgehead atoms. The van der Waals surface area contributed by atoms with Crippen LogP contribution >= 0.6 is 0 Å². The molecule has 0 aromatic rings. The molecular weight excluding hydrogens is 184 g/mol. The van der Waals surface area contributed by atoms with E-state index < -0.39 is 0 Å². The van der Waals surface area contributed by atoms with Gasteiger partial charge in [-0.25, -0.2) is 0 Å². The summed E-state index contributed by atoms with van der Waals surface area (Å²) in [6.07, 6.45) is 2.31. The summed E-state index contributed by atoms with van der Waals surface area (Å²) in [6.45, 7) is 3.81. The Bertz CT molecular complexity index is 82.1. The second-order valence-electron chi connectivity index (χ2n) is 3.43. The third kappa shape index (κ3) is 22.6. The first-order valence-corrected chi connectivity index (χ1v) is 5.12. The Morgan fingerprint density at radius 3 is 1.14 bits per heavy atom. The Morgan fingerprint density at radius 1 is 0.786 bits per heavy atom. The van der Waals surface area contributed by atoms with Crippen molar-refractivity contribution in [3.8, 4) is 0 Å². The number of aliphatic hydroxyl groups is 4. The quantitative estimate of drug-likeness (QED) is 0.505. The molecule has 0 saturated heterocycles. The molecule has 0 aromatic heterocycles. The molecule has 2 atom stereocenters. The lowest BCUT2D eigenvalue weighted by Gasteiger charge is -1.98. The van der Waals surface area contributed by atoms with Crippen LogP contribution in [0.4, 0.5) is 0 Å². The van der Waals surface area contributed by atoms with E-state index in [1.165, 1.54) is 0 Å². The summed E-state index contributed by atoms with van der Waals surface area (Å²) >= 11 is 0. The van der Waals surface area contributed by atoms with Crippen LogP contribution in [-0.4, -0.2) is 45.8 Å². The molecule has 4 heteroatoms. The van der Waals surface area contributed by atoms with E-state index in [1.807, 2.05) is 0 Å². The molecule has 0 aliphatic carbocycles. The van der Waals surface area contributed by atoms with Crippen LogP contribution in [0.5, 0.6) is 0 Å². The summed E-state index contributed by atoms with van der Waals surface area (Å²) in [5.41, 5.74) is 0. The maximum atomic E-state index is 8.57. The summed E-state index contributed by atoms with van der Waals surface area (Å²) in [6, 6.07) is 0. The van der Waals surface area contributed by atoms with Gasteiger partial charge in [0.15, 0.2) is 0 Å². The second-order valence-corrected chi connectivity index (χ2v) is 3.43. The number of hydrogen-bond acceptors (Lipinski definition) is 4. The van der Waals surface area contributed by atoms with Crippen LogP contribution in [0.3, 0.4) is 0 Å². The molecular formula is C10H24O4. The van der Waals surface area contributed by atoms with E-state index in [1.54, 1.807) is 13.8 Å². The fourth-order valence-corrected chi connectivity index (χ4v) is 0.773. The summed E-state index contributed by atoms with van der Waals surface area (Å²) in [4.78, 5) is 0. The Morgan fingerprint density at radius 2 is 1.07 bits per heavy atom. The summed E-state index contributed by atoms with van der Waals surface area (Å²) in [5, 5.41) is 33.6. The molecule has 14 heavy (non-hydrogen) atoms. The fourth-order valence-electron chi connectivity index (χ4n) is 0.773. The van der Waals surface area contributed by atoms with Gasteiger partial charge in [0.05, 0.1) is 12.2 Å². The van der Waals surface area contributed by atoms with E-state index in [0.717, 1.165) is 0 Å². The standard InChI is InChI=1S/2C5H12O2/c2*1-5(7)3-2-4-6/h2*5-7H,2-4H2,1H3. The number of rotatable bonds is 6. The van der Waals surface area contributed by atoms with Crippen molar-refractivity contribution in [2.24, 2.45) is 0 Å². The molecule has 0 fully saturated rings. The van der Waals surface area contributed by atoms with E-state index in [9.17, 15) is 0 Å². The zero-order chi connectivity index (χ0) is 11.4. The van der Waals surface area contributed by atoms with Crippen molar-refractivity contribution in [1.29, 1.82) is 0 Å². The minimum absolute atomic E-state index is 0.185. The van der Waals surface area contributed by atoms with Gasteiger partial charge in [0.2, 0.25) is 0 Å². The van der Waals surface area contributed by atoms with Crippen LogP contribution in [0.25, 0.3) is 0 Å². The largest absolute Gasteiger partial charge is 0.396 e. The van der Waals surface area contributed by atoms with Crippen LogP contribution in [-0.2, 0) is 0 Å². The summed E-state index contributed by atoms with van der Waals surface area (Å²) in [7, 11) is 0. The van der Waals surface area contributed by atoms with Gasteiger partial charge in [-0.1, -0.05) is 0 Å². The van der Waals surface area contributed by atoms with E-state index in [-0.39, 0.29) is 25.4 Å². The zero-order valence-electron chi connectivity index (χ0n) is 9.19. The lowest BCUT2D eigenvalue weighted by molar-refractivity contribution is 0.167. The van der Waals surface area contributed by atoms with E-state index >= 15 is 0 Å². The van der Waals surface area contributed by atoms with Gasteiger partial charge >= 0.3 is 0 Å². The van der Waals surface area contributed by atoms with Crippen LogP contribution in [0.15, 0.2) is 0 Å². The Balaban J connectivity index is 0. The van der Waals surface area contributed by atoms with Crippen LogP contribution < -0.4 is 0 Å². The van der Waals surface area contributed by atoms with Gasteiger partial charge in [0, 0.05) is 13.2 Å². The highest BCUT2D eigenvalue weighted by Gasteiger charge is 1.91. The van der Waals surface area contributed by atoms with Crippen molar-refractivity contribution in [2.75, 3.05) is 13.2 Å². The van der Waals surface area contributed by atoms with Crippen LogP contribution in [0.1, 0.15) is 39.5 Å². The van der Waals surface area contributed by atoms with Gasteiger partial charge in [-0.05, 0) is 39.5 Å². The number of hydrogen-bond donors (Lipinski definition) is 4. The van der Waals surface area contributed by atoms with Crippen molar-refractivity contribution in [1.82, 2.24) is 0 Å². The topological polar surface area (TPSA) is 80.9 Å². The Kier molecular flexibility index (Phi) is 14.9. The zero-order valence-corrected chi connectivity index (χ0v) is 9.19. The number of aliphatic hydroxyl groups excluding tert-OH is 4. The average molecular weight is 208 g/mol. The molecule has 0 saturated carbocycles. The monoisotopic (exact) mass is 208 g/mol. The molecule has 4 N–H and O–H groups in total. The van der Waals surface area contributed by atoms with Crippen molar-refractivity contribution in [3.05, 3.63) is 0 Å². The molecule has 0 amide bonds. The lowest BCUT2D eigenvalue weighted by Crippen LogP contribution is -1.99. The van der Waals surface area contributed by atoms with Gasteiger partial charge in [0.25, 0.3) is 0 Å². The molecule has 4 nitrogen and oxygen atoms in total. The van der Waals surface area contributed by atoms with Crippen molar-refractivity contribution in [2.45, 2.75) is 51.7 Å². The van der Waals surface area contributed by atoms with E-state index in [0.29, 0.717) is 25.7 Å². The van der Waals surface area contributed by atoms with E-state index in [4.69, 9.17) is 20.4 Å². The lowest BCUT2D eigenvalue weighted by atomic mass is 10.2. The van der Waals surface area contributed by atoms with E-state index in [2.05, 4.69) is 0 Å².